The molecule has 0 aliphatic heterocycles. The molecule has 112 valence electrons. The van der Waals surface area contributed by atoms with Gasteiger partial charge in [0, 0.05) is 18.9 Å². The fourth-order valence-electron chi connectivity index (χ4n) is 2.01. The Hall–Kier alpha value is -1.44. The van der Waals surface area contributed by atoms with Gasteiger partial charge < -0.3 is 0 Å². The molecule has 0 fully saturated rings. The Kier molecular flexibility index (Phi) is 5.27. The third-order valence-corrected chi connectivity index (χ3v) is 4.98. The van der Waals surface area contributed by atoms with Crippen LogP contribution in [0.25, 0.3) is 0 Å². The number of aryl methyl sites for hydroxylation is 1. The first-order valence-electron chi connectivity index (χ1n) is 6.32. The molecule has 20 heavy (non-hydrogen) atoms. The van der Waals surface area contributed by atoms with Crippen molar-refractivity contribution in [3.05, 3.63) is 37.1 Å². The van der Waals surface area contributed by atoms with Crippen molar-refractivity contribution in [3.8, 4) is 0 Å². The average Bonchev–Trinajstić information content (AvgIpc) is 2.43. The zero-order chi connectivity index (χ0) is 15.5. The number of nitro groups is 1. The minimum absolute atomic E-state index is 0.165. The average molecular weight is 348 g/mol. The van der Waals surface area contributed by atoms with Crippen molar-refractivity contribution in [1.29, 1.82) is 0 Å². The van der Waals surface area contributed by atoms with E-state index >= 15 is 0 Å². The van der Waals surface area contributed by atoms with Crippen LogP contribution in [0.4, 0.5) is 5.69 Å². The van der Waals surface area contributed by atoms with Gasteiger partial charge in [0.25, 0.3) is 0 Å². The van der Waals surface area contributed by atoms with E-state index in [1.807, 2.05) is 13.8 Å². The molecule has 0 saturated heterocycles. The standard InChI is InChI=1S/C12H18BrN3O4/c1-4-12(5-2,7-13)8-15-10(17)9(16(19)20)6-14(3)11(15)18/h6H,4-5,7-8H2,1-3H3. The summed E-state index contributed by atoms with van der Waals surface area (Å²) in [5.74, 6) is 0. The van der Waals surface area contributed by atoms with Crippen molar-refractivity contribution >= 4 is 21.6 Å². The van der Waals surface area contributed by atoms with Crippen molar-refractivity contribution in [2.75, 3.05) is 5.33 Å². The monoisotopic (exact) mass is 347 g/mol. The Morgan fingerprint density at radius 2 is 1.90 bits per heavy atom. The molecule has 0 saturated carbocycles. The number of aromatic nitrogens is 2. The highest BCUT2D eigenvalue weighted by Gasteiger charge is 2.29. The second-order valence-electron chi connectivity index (χ2n) is 4.90. The van der Waals surface area contributed by atoms with E-state index in [2.05, 4.69) is 15.9 Å². The summed E-state index contributed by atoms with van der Waals surface area (Å²) in [6.07, 6.45) is 2.48. The molecule has 0 aromatic carbocycles. The normalized spacial score (nSPS) is 11.6. The number of halogens is 1. The van der Waals surface area contributed by atoms with Gasteiger partial charge in [-0.25, -0.2) is 4.79 Å². The number of alkyl halides is 1. The topological polar surface area (TPSA) is 87.1 Å². The van der Waals surface area contributed by atoms with Crippen LogP contribution in [0.3, 0.4) is 0 Å². The predicted octanol–water partition coefficient (Wildman–Crippen LogP) is 1.66. The summed E-state index contributed by atoms with van der Waals surface area (Å²) < 4.78 is 2.04. The molecule has 0 aliphatic rings. The number of rotatable bonds is 6. The zero-order valence-electron chi connectivity index (χ0n) is 11.8. The molecule has 7 nitrogen and oxygen atoms in total. The van der Waals surface area contributed by atoms with Crippen molar-refractivity contribution in [2.24, 2.45) is 12.5 Å². The van der Waals surface area contributed by atoms with Crippen LogP contribution in [-0.2, 0) is 13.6 Å². The molecule has 1 aromatic heterocycles. The fourth-order valence-corrected chi connectivity index (χ4v) is 2.98. The SMILES string of the molecule is CCC(CC)(CBr)Cn1c(=O)c([N+](=O)[O-])cn(C)c1=O. The molecule has 1 heterocycles. The molecular weight excluding hydrogens is 330 g/mol. The minimum Gasteiger partial charge on any atom is -0.297 e. The lowest BCUT2D eigenvalue weighted by molar-refractivity contribution is -0.387. The van der Waals surface area contributed by atoms with E-state index in [0.717, 1.165) is 28.2 Å². The summed E-state index contributed by atoms with van der Waals surface area (Å²) in [7, 11) is 1.40. The third-order valence-electron chi connectivity index (χ3n) is 3.79. The summed E-state index contributed by atoms with van der Waals surface area (Å²) in [4.78, 5) is 34.3. The smallest absolute Gasteiger partial charge is 0.297 e. The van der Waals surface area contributed by atoms with Gasteiger partial charge in [0.05, 0.1) is 11.1 Å². The second kappa shape index (κ2) is 6.34. The van der Waals surface area contributed by atoms with Gasteiger partial charge in [0.15, 0.2) is 0 Å². The summed E-state index contributed by atoms with van der Waals surface area (Å²) in [6, 6.07) is 0. The zero-order valence-corrected chi connectivity index (χ0v) is 13.3. The Morgan fingerprint density at radius 1 is 1.35 bits per heavy atom. The predicted molar refractivity (Wildman–Crippen MR) is 79.4 cm³/mol. The maximum absolute atomic E-state index is 12.1. The summed E-state index contributed by atoms with van der Waals surface area (Å²) >= 11 is 3.41. The lowest BCUT2D eigenvalue weighted by Gasteiger charge is -2.29. The molecule has 0 aliphatic carbocycles. The maximum Gasteiger partial charge on any atom is 0.350 e. The van der Waals surface area contributed by atoms with Crippen molar-refractivity contribution in [3.63, 3.8) is 0 Å². The van der Waals surface area contributed by atoms with Crippen LogP contribution >= 0.6 is 15.9 Å². The highest BCUT2D eigenvalue weighted by atomic mass is 79.9. The van der Waals surface area contributed by atoms with E-state index in [-0.39, 0.29) is 12.0 Å². The van der Waals surface area contributed by atoms with Gasteiger partial charge in [-0.3, -0.25) is 24.0 Å². The molecule has 8 heteroatoms. The first-order valence-corrected chi connectivity index (χ1v) is 7.45. The first-order chi connectivity index (χ1) is 9.31. The molecular formula is C12H18BrN3O4. The van der Waals surface area contributed by atoms with E-state index < -0.39 is 21.9 Å². The van der Waals surface area contributed by atoms with Gasteiger partial charge in [-0.05, 0) is 18.3 Å². The number of hydrogen-bond acceptors (Lipinski definition) is 4. The van der Waals surface area contributed by atoms with Crippen molar-refractivity contribution < 1.29 is 4.92 Å². The molecule has 0 atom stereocenters. The highest BCUT2D eigenvalue weighted by molar-refractivity contribution is 9.09. The van der Waals surface area contributed by atoms with Crippen molar-refractivity contribution in [1.82, 2.24) is 9.13 Å². The van der Waals surface area contributed by atoms with Crippen LogP contribution in [0.1, 0.15) is 26.7 Å². The molecule has 1 aromatic rings. The summed E-state index contributed by atoms with van der Waals surface area (Å²) in [6.45, 7) is 4.10. The van der Waals surface area contributed by atoms with E-state index in [4.69, 9.17) is 0 Å². The van der Waals surface area contributed by atoms with Gasteiger partial charge in [-0.1, -0.05) is 29.8 Å². The second-order valence-corrected chi connectivity index (χ2v) is 5.46. The van der Waals surface area contributed by atoms with E-state index in [1.54, 1.807) is 0 Å². The molecule has 0 bridgehead atoms. The molecule has 1 rings (SSSR count). The quantitative estimate of drug-likeness (QED) is 0.444. The highest BCUT2D eigenvalue weighted by Crippen LogP contribution is 2.30. The molecule has 0 unspecified atom stereocenters. The van der Waals surface area contributed by atoms with E-state index in [9.17, 15) is 19.7 Å². The number of hydrogen-bond donors (Lipinski definition) is 0. The summed E-state index contributed by atoms with van der Waals surface area (Å²) in [5, 5.41) is 11.5. The van der Waals surface area contributed by atoms with Gasteiger partial charge in [0.1, 0.15) is 0 Å². The minimum atomic E-state index is -0.842. The molecule has 0 amide bonds. The summed E-state index contributed by atoms with van der Waals surface area (Å²) in [5.41, 5.74) is -2.23. The van der Waals surface area contributed by atoms with Gasteiger partial charge in [-0.2, -0.15) is 0 Å². The Bertz CT molecular complexity index is 608. The van der Waals surface area contributed by atoms with Gasteiger partial charge in [0.2, 0.25) is 0 Å². The molecule has 0 spiro atoms. The first kappa shape index (κ1) is 16.6. The Morgan fingerprint density at radius 3 is 2.30 bits per heavy atom. The molecule has 0 radical (unpaired) electrons. The van der Waals surface area contributed by atoms with Gasteiger partial charge in [-0.15, -0.1) is 0 Å². The Balaban J connectivity index is 3.49. The van der Waals surface area contributed by atoms with Crippen LogP contribution in [0.2, 0.25) is 0 Å². The maximum atomic E-state index is 12.1. The lowest BCUT2D eigenvalue weighted by Crippen LogP contribution is -2.44. The molecule has 0 N–H and O–H groups in total. The lowest BCUT2D eigenvalue weighted by atomic mass is 9.84. The van der Waals surface area contributed by atoms with Crippen LogP contribution in [-0.4, -0.2) is 19.4 Å². The Labute approximate surface area is 124 Å². The van der Waals surface area contributed by atoms with Gasteiger partial charge >= 0.3 is 16.9 Å². The van der Waals surface area contributed by atoms with E-state index in [1.165, 1.54) is 7.05 Å². The number of nitrogens with zero attached hydrogens (tertiary/aromatic N) is 3. The third kappa shape index (κ3) is 3.00. The van der Waals surface area contributed by atoms with E-state index in [0.29, 0.717) is 5.33 Å². The van der Waals surface area contributed by atoms with Crippen LogP contribution < -0.4 is 11.2 Å². The van der Waals surface area contributed by atoms with Crippen LogP contribution in [0.15, 0.2) is 15.8 Å². The van der Waals surface area contributed by atoms with Crippen molar-refractivity contribution in [2.45, 2.75) is 33.2 Å². The van der Waals surface area contributed by atoms with Crippen LogP contribution in [0.5, 0.6) is 0 Å². The fraction of sp³-hybridized carbons (Fsp3) is 0.667. The van der Waals surface area contributed by atoms with Crippen LogP contribution in [0, 0.1) is 15.5 Å². The largest absolute Gasteiger partial charge is 0.350 e.